The summed E-state index contributed by atoms with van der Waals surface area (Å²) in [6, 6.07) is 0. The summed E-state index contributed by atoms with van der Waals surface area (Å²) in [5.74, 6) is 0. The largest absolute Gasteiger partial charge is 0.0985 e. The van der Waals surface area contributed by atoms with Crippen LogP contribution in [0.25, 0.3) is 0 Å². The van der Waals surface area contributed by atoms with Gasteiger partial charge in [-0.15, -0.1) is 0 Å². The molecule has 0 amide bonds. The molecule has 0 spiro atoms. The predicted octanol–water partition coefficient (Wildman–Crippen LogP) is 7.52. The van der Waals surface area contributed by atoms with Crippen molar-refractivity contribution >= 4 is 0 Å². The third-order valence-electron chi connectivity index (χ3n) is 1.31. The molecule has 0 radical (unpaired) electrons. The highest BCUT2D eigenvalue weighted by atomic mass is 13.9. The summed E-state index contributed by atoms with van der Waals surface area (Å²) in [7, 11) is 0. The summed E-state index contributed by atoms with van der Waals surface area (Å²) in [5.41, 5.74) is 1.91. The van der Waals surface area contributed by atoms with E-state index in [1.54, 1.807) is 12.2 Å². The normalized spacial score (nSPS) is 7.95. The van der Waals surface area contributed by atoms with E-state index in [1.165, 1.54) is 0 Å². The Balaban J connectivity index is -0.0000000693. The molecule has 0 atom stereocenters. The van der Waals surface area contributed by atoms with E-state index in [0.717, 1.165) is 11.1 Å². The fourth-order valence-corrected chi connectivity index (χ4v) is 0.624. The minimum Gasteiger partial charge on any atom is -0.0985 e. The first-order chi connectivity index (χ1) is 9.26. The maximum absolute atomic E-state index is 3.81. The van der Waals surface area contributed by atoms with Crippen molar-refractivity contribution in [2.45, 2.75) is 62.3 Å². The monoisotopic (exact) mass is 266 g/mol. The number of hydrogen-bond donors (Lipinski definition) is 0. The van der Waals surface area contributed by atoms with E-state index in [9.17, 15) is 0 Å². The molecule has 0 fully saturated rings. The topological polar surface area (TPSA) is 0 Å². The van der Waals surface area contributed by atoms with Gasteiger partial charge in [-0.25, -0.2) is 0 Å². The Morgan fingerprint density at radius 3 is 1.32 bits per heavy atom. The van der Waals surface area contributed by atoms with Crippen molar-refractivity contribution in [2.24, 2.45) is 0 Å². The first kappa shape index (κ1) is 30.6. The number of allylic oxidation sites excluding steroid dienone is 7. The average Bonchev–Trinajstić information content (AvgIpc) is 2.55. The van der Waals surface area contributed by atoms with Crippen LogP contribution < -0.4 is 0 Å². The summed E-state index contributed by atoms with van der Waals surface area (Å²) in [5, 5.41) is 0. The lowest BCUT2D eigenvalue weighted by Crippen LogP contribution is -1.77. The number of rotatable bonds is 4. The van der Waals surface area contributed by atoms with Crippen molar-refractivity contribution in [1.82, 2.24) is 0 Å². The van der Waals surface area contributed by atoms with Crippen LogP contribution in [0.4, 0.5) is 0 Å². The molecule has 0 saturated carbocycles. The Hall–Kier alpha value is -1.30. The van der Waals surface area contributed by atoms with Crippen LogP contribution in [-0.4, -0.2) is 0 Å². The van der Waals surface area contributed by atoms with Gasteiger partial charge in [-0.1, -0.05) is 106 Å². The van der Waals surface area contributed by atoms with Gasteiger partial charge in [0.2, 0.25) is 0 Å². The van der Waals surface area contributed by atoms with Crippen molar-refractivity contribution in [1.29, 1.82) is 0 Å². The van der Waals surface area contributed by atoms with Gasteiger partial charge in [0.25, 0.3) is 0 Å². The van der Waals surface area contributed by atoms with E-state index in [2.05, 4.69) is 19.7 Å². The van der Waals surface area contributed by atoms with Crippen LogP contribution in [0.15, 0.2) is 61.3 Å². The van der Waals surface area contributed by atoms with E-state index >= 15 is 0 Å². The quantitative estimate of drug-likeness (QED) is 0.461. The van der Waals surface area contributed by atoms with Gasteiger partial charge < -0.3 is 0 Å². The van der Waals surface area contributed by atoms with Gasteiger partial charge in [-0.05, 0) is 18.1 Å². The van der Waals surface area contributed by atoms with Crippen molar-refractivity contribution < 1.29 is 0 Å². The second-order valence-corrected chi connectivity index (χ2v) is 2.08. The van der Waals surface area contributed by atoms with Crippen LogP contribution in [0.3, 0.4) is 0 Å². The van der Waals surface area contributed by atoms with Crippen LogP contribution in [0.5, 0.6) is 0 Å². The Morgan fingerprint density at radius 2 is 1.11 bits per heavy atom. The van der Waals surface area contributed by atoms with E-state index < -0.39 is 0 Å². The lowest BCUT2D eigenvalue weighted by atomic mass is 10.1. The first-order valence-corrected chi connectivity index (χ1v) is 7.53. The molecule has 114 valence electrons. The minimum absolute atomic E-state index is 0.901. The molecule has 0 nitrogen and oxygen atoms in total. The van der Waals surface area contributed by atoms with E-state index in [-0.39, 0.29) is 0 Å². The molecule has 0 aromatic heterocycles. The van der Waals surface area contributed by atoms with Crippen LogP contribution in [0, 0.1) is 0 Å². The van der Waals surface area contributed by atoms with Gasteiger partial charge in [0.15, 0.2) is 0 Å². The van der Waals surface area contributed by atoms with Crippen molar-refractivity contribution in [2.75, 3.05) is 0 Å². The third kappa shape index (κ3) is 31.5. The molecule has 0 rings (SSSR count). The predicted molar refractivity (Wildman–Crippen MR) is 97.8 cm³/mol. The van der Waals surface area contributed by atoms with Crippen LogP contribution >= 0.6 is 0 Å². The summed E-state index contributed by atoms with van der Waals surface area (Å²) in [4.78, 5) is 0. The third-order valence-corrected chi connectivity index (χ3v) is 1.31. The minimum atomic E-state index is 0.901. The molecule has 0 unspecified atom stereocenters. The molecule has 0 bridgehead atoms. The molecule has 0 aliphatic heterocycles. The van der Waals surface area contributed by atoms with Crippen molar-refractivity contribution in [3.63, 3.8) is 0 Å². The molecule has 19 heavy (non-hydrogen) atoms. The first-order valence-electron chi connectivity index (χ1n) is 7.53. The Morgan fingerprint density at radius 1 is 0.737 bits per heavy atom. The molecule has 0 aliphatic carbocycles. The molecule has 0 saturated heterocycles. The smallest absolute Gasteiger partial charge is 0.0196 e. The number of hydrogen-bond acceptors (Lipinski definition) is 0. The SMILES string of the molecule is C=CC(=C)/C(C=C)=C\C=C/C.CC.CC.CC.CC. The van der Waals surface area contributed by atoms with Crippen molar-refractivity contribution in [3.05, 3.63) is 61.3 Å². The Kier molecular flexibility index (Phi) is 70.5. The van der Waals surface area contributed by atoms with E-state index in [4.69, 9.17) is 0 Å². The standard InChI is InChI=1S/C11H14.4C2H6/c1-5-8-9-11(7-3)10(4)6-2;4*1-2/h5-9H,2-4H2,1H3;4*1-2H3/b8-5-,11-9-;;;;. The maximum Gasteiger partial charge on any atom is -0.0196 e. The molecule has 0 heteroatoms. The highest BCUT2D eigenvalue weighted by Crippen LogP contribution is 2.09. The zero-order chi connectivity index (χ0) is 16.7. The van der Waals surface area contributed by atoms with Crippen LogP contribution in [0.1, 0.15) is 62.3 Å². The summed E-state index contributed by atoms with van der Waals surface area (Å²) in [6.45, 7) is 29.1. The average molecular weight is 267 g/mol. The molecule has 0 heterocycles. The second-order valence-electron chi connectivity index (χ2n) is 2.08. The van der Waals surface area contributed by atoms with Crippen LogP contribution in [0.2, 0.25) is 0 Å². The molecule has 0 aliphatic rings. The maximum atomic E-state index is 3.81. The zero-order valence-corrected chi connectivity index (χ0v) is 15.0. The fourth-order valence-electron chi connectivity index (χ4n) is 0.624. The molecular weight excluding hydrogens is 228 g/mol. The van der Waals surface area contributed by atoms with Gasteiger partial charge in [-0.2, -0.15) is 0 Å². The molecule has 0 N–H and O–H groups in total. The summed E-state index contributed by atoms with van der Waals surface area (Å²) >= 11 is 0. The van der Waals surface area contributed by atoms with E-state index in [0.29, 0.717) is 0 Å². The van der Waals surface area contributed by atoms with Gasteiger partial charge in [0.05, 0.1) is 0 Å². The van der Waals surface area contributed by atoms with Crippen molar-refractivity contribution in [3.8, 4) is 0 Å². The van der Waals surface area contributed by atoms with Gasteiger partial charge in [-0.3, -0.25) is 0 Å². The highest BCUT2D eigenvalue weighted by Gasteiger charge is 1.89. The van der Waals surface area contributed by atoms with E-state index in [1.807, 2.05) is 80.5 Å². The second kappa shape index (κ2) is 43.7. The fraction of sp³-hybridized carbons (Fsp3) is 0.474. The molecule has 0 aromatic carbocycles. The zero-order valence-electron chi connectivity index (χ0n) is 15.0. The summed E-state index contributed by atoms with van der Waals surface area (Å²) in [6.07, 6.45) is 9.35. The lowest BCUT2D eigenvalue weighted by Gasteiger charge is -1.97. The summed E-state index contributed by atoms with van der Waals surface area (Å²) < 4.78 is 0. The van der Waals surface area contributed by atoms with Crippen LogP contribution in [-0.2, 0) is 0 Å². The molecular formula is C19H38. The Labute approximate surface area is 124 Å². The lowest BCUT2D eigenvalue weighted by molar-refractivity contribution is 1.50. The van der Waals surface area contributed by atoms with Gasteiger partial charge >= 0.3 is 0 Å². The van der Waals surface area contributed by atoms with Gasteiger partial charge in [0, 0.05) is 0 Å². The highest BCUT2D eigenvalue weighted by molar-refractivity contribution is 5.44. The van der Waals surface area contributed by atoms with Gasteiger partial charge in [0.1, 0.15) is 0 Å². The Bertz CT molecular complexity index is 214. The molecule has 0 aromatic rings.